The maximum absolute atomic E-state index is 13.7. The highest BCUT2D eigenvalue weighted by atomic mass is 19.4. The van der Waals surface area contributed by atoms with E-state index in [2.05, 4.69) is 0 Å². The van der Waals surface area contributed by atoms with E-state index in [0.717, 1.165) is 12.1 Å². The Kier molecular flexibility index (Phi) is 9.08. The van der Waals surface area contributed by atoms with E-state index in [-0.39, 0.29) is 88.3 Å². The van der Waals surface area contributed by atoms with Crippen molar-refractivity contribution >= 4 is 65.8 Å². The average molecular weight is 859 g/mol. The molecule has 0 bridgehead atoms. The van der Waals surface area contributed by atoms with Gasteiger partial charge >= 0.3 is 24.7 Å². The summed E-state index contributed by atoms with van der Waals surface area (Å²) in [4.78, 5) is 0. The highest BCUT2D eigenvalue weighted by Gasteiger charge is 2.38. The predicted molar refractivity (Wildman–Crippen MR) is 198 cm³/mol. The molecule has 0 radical (unpaired) electrons. The number of nitriles is 4. The van der Waals surface area contributed by atoms with Gasteiger partial charge < -0.3 is 8.83 Å². The molecule has 0 aliphatic rings. The van der Waals surface area contributed by atoms with Gasteiger partial charge in [-0.1, -0.05) is 12.1 Å². The number of furan rings is 2. The van der Waals surface area contributed by atoms with Gasteiger partial charge in [0.1, 0.15) is 57.8 Å². The van der Waals surface area contributed by atoms with Crippen molar-refractivity contribution in [3.8, 4) is 46.5 Å². The van der Waals surface area contributed by atoms with Gasteiger partial charge in [0.15, 0.2) is 0 Å². The lowest BCUT2D eigenvalue weighted by atomic mass is 9.94. The van der Waals surface area contributed by atoms with Gasteiger partial charge in [0.25, 0.3) is 0 Å². The van der Waals surface area contributed by atoms with Crippen LogP contribution < -0.4 is 10.4 Å². The van der Waals surface area contributed by atoms with Crippen molar-refractivity contribution in [1.82, 2.24) is 0 Å². The van der Waals surface area contributed by atoms with Crippen molar-refractivity contribution in [2.24, 2.45) is 0 Å². The first-order valence-electron chi connectivity index (χ1n) is 17.3. The molecule has 0 unspecified atom stereocenters. The van der Waals surface area contributed by atoms with Crippen LogP contribution in [0.15, 0.2) is 93.8 Å². The Morgan fingerprint density at radius 1 is 0.371 bits per heavy atom. The molecule has 8 rings (SSSR count). The molecule has 6 nitrogen and oxygen atoms in total. The maximum Gasteiger partial charge on any atom is 0.416 e. The molecular formula is C44H14F12N4O2. The first-order chi connectivity index (χ1) is 29.0. The Bertz CT molecular complexity index is 3250. The van der Waals surface area contributed by atoms with Gasteiger partial charge in [-0.25, -0.2) is 0 Å². The molecule has 0 atom stereocenters. The van der Waals surface area contributed by atoms with E-state index >= 15 is 0 Å². The average Bonchev–Trinajstić information content (AvgIpc) is 3.79. The Morgan fingerprint density at radius 3 is 0.952 bits per heavy atom. The fraction of sp³-hybridized carbons (Fsp3) is 0.0909. The second kappa shape index (κ2) is 13.8. The van der Waals surface area contributed by atoms with E-state index in [1.807, 2.05) is 0 Å². The molecule has 18 heteroatoms. The summed E-state index contributed by atoms with van der Waals surface area (Å²) in [5, 5.41) is 40.5. The Labute approximate surface area is 336 Å². The fourth-order valence-corrected chi connectivity index (χ4v) is 7.36. The largest absolute Gasteiger partial charge is 0.455 e. The fourth-order valence-electron chi connectivity index (χ4n) is 7.36. The zero-order chi connectivity index (χ0) is 44.8. The number of hydrogen-bond acceptors (Lipinski definition) is 6. The lowest BCUT2D eigenvalue weighted by molar-refractivity contribution is -0.144. The molecular weight excluding hydrogens is 844 g/mol. The Balaban J connectivity index is 1.48. The lowest BCUT2D eigenvalue weighted by Crippen LogP contribution is -2.11. The lowest BCUT2D eigenvalue weighted by Gasteiger charge is -2.14. The standard InChI is InChI=1S/C44H14F12N4O2/c45-41(46,47)25-5-21(6-26(11-25)42(48,49)50)19-1-3-29-35(9-19)61-39-31(23(15-57)16-58)14-34-33(37(29)39)13-32(24(17-59)18-60)40-38(34)30-4-2-20(10-36(30)62-40)22-7-27(43(51,52)53)12-28(8-22)44(54,55)56/h1-14H. The monoisotopic (exact) mass is 858 g/mol. The van der Waals surface area contributed by atoms with Crippen LogP contribution in [0.3, 0.4) is 0 Å². The van der Waals surface area contributed by atoms with Crippen LogP contribution >= 0.6 is 0 Å². The number of alkyl halides is 12. The van der Waals surface area contributed by atoms with Crippen molar-refractivity contribution in [1.29, 1.82) is 21.0 Å². The number of halogens is 12. The van der Waals surface area contributed by atoms with Crippen molar-refractivity contribution in [3.05, 3.63) is 118 Å². The van der Waals surface area contributed by atoms with Gasteiger partial charge in [-0.3, -0.25) is 0 Å². The molecule has 0 N–H and O–H groups in total. The van der Waals surface area contributed by atoms with Gasteiger partial charge in [0, 0.05) is 32.0 Å². The molecule has 0 amide bonds. The van der Waals surface area contributed by atoms with Gasteiger partial charge in [-0.2, -0.15) is 73.7 Å². The second-order valence-electron chi connectivity index (χ2n) is 13.8. The second-order valence-corrected chi connectivity index (χ2v) is 13.8. The third-order valence-corrected chi connectivity index (χ3v) is 10.1. The van der Waals surface area contributed by atoms with Crippen LogP contribution in [0.2, 0.25) is 0 Å². The van der Waals surface area contributed by atoms with E-state index in [1.165, 1.54) is 36.4 Å². The van der Waals surface area contributed by atoms with Crippen LogP contribution in [0, 0.1) is 45.3 Å². The van der Waals surface area contributed by atoms with Crippen LogP contribution in [0.4, 0.5) is 52.7 Å². The molecule has 2 aromatic heterocycles. The van der Waals surface area contributed by atoms with Gasteiger partial charge in [-0.05, 0) is 106 Å². The number of fused-ring (bicyclic) bond motifs is 9. The molecule has 0 fully saturated rings. The van der Waals surface area contributed by atoms with E-state index < -0.39 is 69.2 Å². The van der Waals surface area contributed by atoms with Gasteiger partial charge in [-0.15, -0.1) is 0 Å². The van der Waals surface area contributed by atoms with Crippen LogP contribution in [0.5, 0.6) is 0 Å². The summed E-state index contributed by atoms with van der Waals surface area (Å²) < 4.78 is 177. The molecule has 0 saturated carbocycles. The summed E-state index contributed by atoms with van der Waals surface area (Å²) in [6, 6.07) is 18.9. The smallest absolute Gasteiger partial charge is 0.416 e. The van der Waals surface area contributed by atoms with E-state index in [0.29, 0.717) is 24.3 Å². The summed E-state index contributed by atoms with van der Waals surface area (Å²) >= 11 is 0. The summed E-state index contributed by atoms with van der Waals surface area (Å²) in [6.07, 6.45) is -20.6. The van der Waals surface area contributed by atoms with E-state index in [9.17, 15) is 73.7 Å². The molecule has 6 aromatic carbocycles. The quantitative estimate of drug-likeness (QED) is 0.160. The minimum Gasteiger partial charge on any atom is -0.455 e. The molecule has 62 heavy (non-hydrogen) atoms. The third kappa shape index (κ3) is 6.72. The maximum atomic E-state index is 13.7. The summed E-state index contributed by atoms with van der Waals surface area (Å²) in [5.74, 6) is 0. The molecule has 306 valence electrons. The summed E-state index contributed by atoms with van der Waals surface area (Å²) in [6.45, 7) is 0. The first kappa shape index (κ1) is 40.8. The number of rotatable bonds is 2. The van der Waals surface area contributed by atoms with Crippen LogP contribution in [0.1, 0.15) is 22.3 Å². The third-order valence-electron chi connectivity index (χ3n) is 10.1. The number of benzene rings is 6. The molecule has 0 spiro atoms. The van der Waals surface area contributed by atoms with Crippen LogP contribution in [0.25, 0.3) is 88.0 Å². The van der Waals surface area contributed by atoms with Gasteiger partial charge in [0.05, 0.1) is 22.3 Å². The van der Waals surface area contributed by atoms with Crippen LogP contribution in [-0.4, -0.2) is 0 Å². The van der Waals surface area contributed by atoms with Crippen molar-refractivity contribution in [2.75, 3.05) is 0 Å². The van der Waals surface area contributed by atoms with Crippen molar-refractivity contribution in [3.63, 3.8) is 0 Å². The topological polar surface area (TPSA) is 121 Å². The molecule has 2 heterocycles. The van der Waals surface area contributed by atoms with E-state index in [1.54, 1.807) is 24.3 Å². The molecule has 0 saturated heterocycles. The SMILES string of the molecule is N#CC(C#N)=c1cc2c(cc(=C(C#N)C#N)c3oc4cc(-c5cc(C(F)(F)F)cc(C(F)(F)F)c5)ccc4c32)c2c1oc1cc(-c3cc(C(F)(F)F)cc(C(F)(F)F)c3)ccc12. The minimum atomic E-state index is -5.16. The molecule has 0 aliphatic carbocycles. The normalized spacial score (nSPS) is 12.5. The highest BCUT2D eigenvalue weighted by Crippen LogP contribution is 2.44. The zero-order valence-electron chi connectivity index (χ0n) is 30.2. The van der Waals surface area contributed by atoms with Crippen molar-refractivity contribution < 1.29 is 61.5 Å². The first-order valence-corrected chi connectivity index (χ1v) is 17.3. The van der Waals surface area contributed by atoms with Crippen LogP contribution in [-0.2, 0) is 24.7 Å². The molecule has 0 aliphatic heterocycles. The minimum absolute atomic E-state index is 0.0374. The van der Waals surface area contributed by atoms with E-state index in [4.69, 9.17) is 8.83 Å². The number of nitrogens with zero attached hydrogens (tertiary/aromatic N) is 4. The van der Waals surface area contributed by atoms with Crippen molar-refractivity contribution in [2.45, 2.75) is 24.7 Å². The van der Waals surface area contributed by atoms with Gasteiger partial charge in [0.2, 0.25) is 0 Å². The highest BCUT2D eigenvalue weighted by molar-refractivity contribution is 6.28. The Hall–Kier alpha value is -7.96. The Morgan fingerprint density at radius 2 is 0.677 bits per heavy atom. The number of hydrogen-bond donors (Lipinski definition) is 0. The zero-order valence-corrected chi connectivity index (χ0v) is 30.2. The summed E-state index contributed by atoms with van der Waals surface area (Å²) in [5.41, 5.74) is -9.28. The summed E-state index contributed by atoms with van der Waals surface area (Å²) in [7, 11) is 0. The predicted octanol–water partition coefficient (Wildman–Crippen LogP) is 12.4. The molecule has 8 aromatic rings.